The van der Waals surface area contributed by atoms with Crippen molar-refractivity contribution in [1.82, 2.24) is 14.6 Å². The van der Waals surface area contributed by atoms with Gasteiger partial charge in [-0.25, -0.2) is 10.8 Å². The average Bonchev–Trinajstić information content (AvgIpc) is 3.17. The molecule has 2 N–H and O–H groups in total. The Bertz CT molecular complexity index is 1170. The van der Waals surface area contributed by atoms with E-state index in [-0.39, 0.29) is 24.6 Å². The minimum absolute atomic E-state index is 0.220. The Morgan fingerprint density at radius 3 is 2.64 bits per heavy atom. The molecule has 8 heteroatoms. The molecular formula is C25H30N4O3S. The largest absolute Gasteiger partial charge is 0.489 e. The fourth-order valence-electron chi connectivity index (χ4n) is 2.94. The number of hydrogen-bond acceptors (Lipinski definition) is 6. The Balaban J connectivity index is 2.22. The predicted molar refractivity (Wildman–Crippen MR) is 134 cm³/mol. The van der Waals surface area contributed by atoms with Crippen molar-refractivity contribution in [3.63, 3.8) is 0 Å². The van der Waals surface area contributed by atoms with Crippen LogP contribution in [0.4, 0.5) is 0 Å². The van der Waals surface area contributed by atoms with E-state index in [0.29, 0.717) is 15.7 Å². The van der Waals surface area contributed by atoms with Crippen molar-refractivity contribution in [2.75, 3.05) is 6.54 Å². The molecule has 0 saturated heterocycles. The number of carbonyl (C=O) groups excluding carboxylic acids is 1. The van der Waals surface area contributed by atoms with Crippen LogP contribution in [0.2, 0.25) is 0 Å². The van der Waals surface area contributed by atoms with E-state index in [1.165, 1.54) is 10.6 Å². The number of nitrogens with two attached hydrogens (primary N) is 1. The molecule has 2 aromatic rings. The van der Waals surface area contributed by atoms with Crippen LogP contribution in [0.5, 0.6) is 0 Å². The van der Waals surface area contributed by atoms with Crippen LogP contribution in [0.1, 0.15) is 41.7 Å². The molecule has 174 valence electrons. The lowest BCUT2D eigenvalue weighted by Gasteiger charge is -2.16. The predicted octanol–water partition coefficient (Wildman–Crippen LogP) is 4.60. The van der Waals surface area contributed by atoms with Crippen LogP contribution in [0.15, 0.2) is 83.6 Å². The SMILES string of the molecule is C=C/C=C(\C=C/C)CN(N)C(=O)c1sc(-n2ccc(COC(/C=C\C)=C/C)cc2=O)nc1C. The molecule has 1 amide bonds. The second-order valence-electron chi connectivity index (χ2n) is 7.04. The van der Waals surface area contributed by atoms with Crippen molar-refractivity contribution in [2.45, 2.75) is 34.3 Å². The number of rotatable bonds is 10. The average molecular weight is 467 g/mol. The lowest BCUT2D eigenvalue weighted by Crippen LogP contribution is -2.38. The van der Waals surface area contributed by atoms with E-state index in [4.69, 9.17) is 10.6 Å². The van der Waals surface area contributed by atoms with E-state index in [0.717, 1.165) is 33.2 Å². The van der Waals surface area contributed by atoms with Gasteiger partial charge in [0.1, 0.15) is 17.2 Å². The highest BCUT2D eigenvalue weighted by molar-refractivity contribution is 7.16. The second kappa shape index (κ2) is 12.5. The van der Waals surface area contributed by atoms with Crippen LogP contribution in [0.25, 0.3) is 5.13 Å². The summed E-state index contributed by atoms with van der Waals surface area (Å²) in [6.45, 7) is 11.6. The van der Waals surface area contributed by atoms with Crippen LogP contribution in [0.3, 0.4) is 0 Å². The molecule has 0 aliphatic heterocycles. The summed E-state index contributed by atoms with van der Waals surface area (Å²) >= 11 is 1.12. The van der Waals surface area contributed by atoms with Gasteiger partial charge in [-0.15, -0.1) is 0 Å². The summed E-state index contributed by atoms with van der Waals surface area (Å²) in [5.74, 6) is 6.39. The number of thiazole rings is 1. The highest BCUT2D eigenvalue weighted by Crippen LogP contribution is 2.22. The van der Waals surface area contributed by atoms with E-state index in [1.807, 2.05) is 51.2 Å². The van der Waals surface area contributed by atoms with Crippen molar-refractivity contribution >= 4 is 17.2 Å². The number of allylic oxidation sites excluding steroid dienone is 6. The number of aromatic nitrogens is 2. The number of hydrazine groups is 1. The fraction of sp³-hybridized carbons (Fsp3) is 0.240. The van der Waals surface area contributed by atoms with Crippen LogP contribution in [-0.2, 0) is 11.3 Å². The van der Waals surface area contributed by atoms with Crippen molar-refractivity contribution in [3.8, 4) is 5.13 Å². The van der Waals surface area contributed by atoms with Gasteiger partial charge in [-0.2, -0.15) is 0 Å². The first-order chi connectivity index (χ1) is 15.8. The molecular weight excluding hydrogens is 436 g/mol. The van der Waals surface area contributed by atoms with Crippen molar-refractivity contribution in [2.24, 2.45) is 5.84 Å². The first-order valence-corrected chi connectivity index (χ1v) is 11.3. The van der Waals surface area contributed by atoms with Gasteiger partial charge in [0.05, 0.1) is 12.2 Å². The molecule has 2 heterocycles. The third-order valence-corrected chi connectivity index (χ3v) is 5.66. The van der Waals surface area contributed by atoms with Gasteiger partial charge >= 0.3 is 0 Å². The third kappa shape index (κ3) is 7.00. The molecule has 0 atom stereocenters. The smallest absolute Gasteiger partial charge is 0.280 e. The van der Waals surface area contributed by atoms with E-state index in [1.54, 1.807) is 31.3 Å². The molecule has 0 fully saturated rings. The van der Waals surface area contributed by atoms with Gasteiger partial charge in [0.2, 0.25) is 0 Å². The maximum atomic E-state index is 12.9. The summed E-state index contributed by atoms with van der Waals surface area (Å²) in [6, 6.07) is 3.29. The molecule has 0 saturated carbocycles. The molecule has 2 aromatic heterocycles. The van der Waals surface area contributed by atoms with Gasteiger partial charge in [0.25, 0.3) is 11.5 Å². The summed E-state index contributed by atoms with van der Waals surface area (Å²) in [4.78, 5) is 30.4. The molecule has 0 radical (unpaired) electrons. The molecule has 2 rings (SSSR count). The maximum absolute atomic E-state index is 12.9. The minimum atomic E-state index is -0.364. The zero-order valence-electron chi connectivity index (χ0n) is 19.4. The Kier molecular flexibility index (Phi) is 9.78. The summed E-state index contributed by atoms with van der Waals surface area (Å²) in [5, 5.41) is 1.53. The fourth-order valence-corrected chi connectivity index (χ4v) is 3.95. The number of amides is 1. The first kappa shape index (κ1) is 25.8. The van der Waals surface area contributed by atoms with E-state index in [9.17, 15) is 9.59 Å². The number of hydrogen-bond donors (Lipinski definition) is 1. The lowest BCUT2D eigenvalue weighted by molar-refractivity contribution is 0.0775. The van der Waals surface area contributed by atoms with Gasteiger partial charge in [-0.05, 0) is 57.0 Å². The standard InChI is InChI=1S/C25H30N4O3S/c1-6-10-19(11-7-2)16-29(26)24(31)23-18(5)27-25(33-23)28-14-13-20(15-22(28)30)17-32-21(9-4)12-8-3/h6-15H,1,16-17,26H2,2-5H3/b11-7-,12-8-,19-10+,21-9+. The quantitative estimate of drug-likeness (QED) is 0.182. The third-order valence-electron chi connectivity index (χ3n) is 4.52. The van der Waals surface area contributed by atoms with Crippen molar-refractivity contribution in [1.29, 1.82) is 0 Å². The van der Waals surface area contributed by atoms with Crippen LogP contribution in [-0.4, -0.2) is 27.0 Å². The zero-order valence-corrected chi connectivity index (χ0v) is 20.3. The minimum Gasteiger partial charge on any atom is -0.489 e. The van der Waals surface area contributed by atoms with Gasteiger partial charge in [0, 0.05) is 12.3 Å². The van der Waals surface area contributed by atoms with E-state index in [2.05, 4.69) is 11.6 Å². The van der Waals surface area contributed by atoms with Gasteiger partial charge in [-0.3, -0.25) is 19.2 Å². The Morgan fingerprint density at radius 2 is 2.03 bits per heavy atom. The molecule has 0 aliphatic rings. The number of ether oxygens (including phenoxy) is 1. The van der Waals surface area contributed by atoms with Crippen molar-refractivity contribution in [3.05, 3.63) is 105 Å². The number of nitrogens with zero attached hydrogens (tertiary/aromatic N) is 3. The molecule has 0 aromatic carbocycles. The molecule has 0 spiro atoms. The Morgan fingerprint density at radius 1 is 1.30 bits per heavy atom. The van der Waals surface area contributed by atoms with Crippen molar-refractivity contribution < 1.29 is 9.53 Å². The first-order valence-electron chi connectivity index (χ1n) is 10.5. The van der Waals surface area contributed by atoms with Gasteiger partial charge < -0.3 is 4.74 Å². The van der Waals surface area contributed by atoms with E-state index < -0.39 is 0 Å². The summed E-state index contributed by atoms with van der Waals surface area (Å²) in [6.07, 6.45) is 14.4. The lowest BCUT2D eigenvalue weighted by atomic mass is 10.2. The molecule has 33 heavy (non-hydrogen) atoms. The number of pyridine rings is 1. The Labute approximate surface area is 198 Å². The van der Waals surface area contributed by atoms with Crippen LogP contribution >= 0.6 is 11.3 Å². The summed E-state index contributed by atoms with van der Waals surface area (Å²) in [7, 11) is 0. The normalized spacial score (nSPS) is 12.5. The van der Waals surface area contributed by atoms with Crippen LogP contribution in [0, 0.1) is 6.92 Å². The monoisotopic (exact) mass is 466 g/mol. The Hall–Kier alpha value is -3.49. The summed E-state index contributed by atoms with van der Waals surface area (Å²) in [5.41, 5.74) is 1.84. The topological polar surface area (TPSA) is 90.5 Å². The molecule has 0 bridgehead atoms. The highest BCUT2D eigenvalue weighted by atomic mass is 32.1. The molecule has 0 unspecified atom stereocenters. The molecule has 0 aliphatic carbocycles. The van der Waals surface area contributed by atoms with Crippen LogP contribution < -0.4 is 11.4 Å². The molecule has 7 nitrogen and oxygen atoms in total. The summed E-state index contributed by atoms with van der Waals surface area (Å²) < 4.78 is 7.11. The van der Waals surface area contributed by atoms with Gasteiger partial charge in [-0.1, -0.05) is 48.3 Å². The zero-order chi connectivity index (χ0) is 24.4. The number of carbonyl (C=O) groups is 1. The number of aryl methyl sites for hydroxylation is 1. The maximum Gasteiger partial charge on any atom is 0.280 e. The van der Waals surface area contributed by atoms with Gasteiger partial charge in [0.15, 0.2) is 5.13 Å². The second-order valence-corrected chi connectivity index (χ2v) is 8.02. The highest BCUT2D eigenvalue weighted by Gasteiger charge is 2.21. The van der Waals surface area contributed by atoms with E-state index >= 15 is 0 Å².